The summed E-state index contributed by atoms with van der Waals surface area (Å²) >= 11 is 0. The number of guanidine groups is 1. The molecule has 2 rings (SSSR count). The lowest BCUT2D eigenvalue weighted by atomic mass is 10.1. The number of halogens is 1. The summed E-state index contributed by atoms with van der Waals surface area (Å²) in [5, 5.41) is 11.2. The Morgan fingerprint density at radius 2 is 1.92 bits per heavy atom. The molecule has 0 bridgehead atoms. The van der Waals surface area contributed by atoms with Crippen LogP contribution in [0.2, 0.25) is 0 Å². The normalized spacial score (nSPS) is 11.1. The van der Waals surface area contributed by atoms with Gasteiger partial charge in [-0.3, -0.25) is 4.68 Å². The van der Waals surface area contributed by atoms with Gasteiger partial charge in [0.1, 0.15) is 0 Å². The van der Waals surface area contributed by atoms with Gasteiger partial charge < -0.3 is 10.6 Å². The summed E-state index contributed by atoms with van der Waals surface area (Å²) in [6.07, 6.45) is 1.01. The molecule has 0 atom stereocenters. The third-order valence-electron chi connectivity index (χ3n) is 3.96. The van der Waals surface area contributed by atoms with E-state index in [9.17, 15) is 0 Å². The second kappa shape index (κ2) is 11.1. The predicted molar refractivity (Wildman–Crippen MR) is 116 cm³/mol. The van der Waals surface area contributed by atoms with Crippen LogP contribution in [0.4, 0.5) is 0 Å². The zero-order valence-corrected chi connectivity index (χ0v) is 18.0. The summed E-state index contributed by atoms with van der Waals surface area (Å²) in [5.74, 6) is 0.870. The van der Waals surface area contributed by atoms with Gasteiger partial charge in [-0.25, -0.2) is 4.99 Å². The lowest BCUT2D eigenvalue weighted by Crippen LogP contribution is -2.38. The molecule has 1 aromatic heterocycles. The first-order chi connectivity index (χ1) is 11.6. The Morgan fingerprint density at radius 1 is 1.16 bits per heavy atom. The maximum absolute atomic E-state index is 4.68. The highest BCUT2D eigenvalue weighted by atomic mass is 127. The summed E-state index contributed by atoms with van der Waals surface area (Å²) < 4.78 is 2.06. The maximum Gasteiger partial charge on any atom is 0.191 e. The Bertz CT molecular complexity index is 678. The van der Waals surface area contributed by atoms with Gasteiger partial charge in [-0.15, -0.1) is 24.0 Å². The van der Waals surface area contributed by atoms with Crippen LogP contribution >= 0.6 is 24.0 Å². The van der Waals surface area contributed by atoms with E-state index in [-0.39, 0.29) is 24.0 Å². The monoisotopic (exact) mass is 455 g/mol. The maximum atomic E-state index is 4.68. The largest absolute Gasteiger partial charge is 0.357 e. The van der Waals surface area contributed by atoms with E-state index in [2.05, 4.69) is 76.5 Å². The number of hydrogen-bond donors (Lipinski definition) is 2. The highest BCUT2D eigenvalue weighted by Crippen LogP contribution is 2.08. The van der Waals surface area contributed by atoms with Gasteiger partial charge >= 0.3 is 0 Å². The summed E-state index contributed by atoms with van der Waals surface area (Å²) in [6.45, 7) is 11.7. The van der Waals surface area contributed by atoms with Crippen LogP contribution in [0.25, 0.3) is 0 Å². The lowest BCUT2D eigenvalue weighted by Gasteiger charge is -2.12. The molecular formula is C19H30IN5. The van der Waals surface area contributed by atoms with Gasteiger partial charge in [0, 0.05) is 25.3 Å². The van der Waals surface area contributed by atoms with E-state index in [1.165, 1.54) is 16.8 Å². The van der Waals surface area contributed by atoms with Gasteiger partial charge in [0.15, 0.2) is 5.96 Å². The predicted octanol–water partition coefficient (Wildman–Crippen LogP) is 3.57. The van der Waals surface area contributed by atoms with Gasteiger partial charge in [-0.1, -0.05) is 24.3 Å². The van der Waals surface area contributed by atoms with Gasteiger partial charge in [0.2, 0.25) is 0 Å². The fourth-order valence-electron chi connectivity index (χ4n) is 2.63. The molecule has 0 fully saturated rings. The molecule has 0 unspecified atom stereocenters. The topological polar surface area (TPSA) is 54.2 Å². The number of aryl methyl sites for hydroxylation is 4. The van der Waals surface area contributed by atoms with Crippen LogP contribution < -0.4 is 10.6 Å². The smallest absolute Gasteiger partial charge is 0.191 e. The number of nitrogens with one attached hydrogen (secondary N) is 2. The molecule has 0 aliphatic rings. The second-order valence-corrected chi connectivity index (χ2v) is 6.05. The summed E-state index contributed by atoms with van der Waals surface area (Å²) in [6, 6.07) is 10.5. The Hall–Kier alpha value is -1.57. The zero-order chi connectivity index (χ0) is 17.4. The van der Waals surface area contributed by atoms with E-state index < -0.39 is 0 Å². The summed E-state index contributed by atoms with van der Waals surface area (Å²) in [4.78, 5) is 4.68. The van der Waals surface area contributed by atoms with Crippen molar-refractivity contribution in [1.82, 2.24) is 20.4 Å². The third kappa shape index (κ3) is 7.05. The van der Waals surface area contributed by atoms with Crippen LogP contribution in [0.1, 0.15) is 35.9 Å². The van der Waals surface area contributed by atoms with Crippen LogP contribution in [-0.2, 0) is 13.1 Å². The molecule has 1 heterocycles. The van der Waals surface area contributed by atoms with Crippen LogP contribution in [-0.4, -0.2) is 28.8 Å². The SMILES string of the molecule is CCNC(=NCc1ccccc1C)NCCCn1nc(C)cc1C.I. The number of hydrogen-bond acceptors (Lipinski definition) is 2. The molecule has 0 saturated carbocycles. The van der Waals surface area contributed by atoms with Crippen molar-refractivity contribution in [3.8, 4) is 0 Å². The molecule has 25 heavy (non-hydrogen) atoms. The van der Waals surface area contributed by atoms with Crippen LogP contribution in [0.15, 0.2) is 35.3 Å². The van der Waals surface area contributed by atoms with E-state index >= 15 is 0 Å². The number of nitrogens with zero attached hydrogens (tertiary/aromatic N) is 3. The minimum Gasteiger partial charge on any atom is -0.357 e. The van der Waals surface area contributed by atoms with Crippen LogP contribution in [0.5, 0.6) is 0 Å². The van der Waals surface area contributed by atoms with Crippen molar-refractivity contribution in [2.24, 2.45) is 4.99 Å². The van der Waals surface area contributed by atoms with E-state index in [0.29, 0.717) is 6.54 Å². The highest BCUT2D eigenvalue weighted by Gasteiger charge is 2.02. The standard InChI is InChI=1S/C19H29N5.HI/c1-5-20-19(22-14-18-10-7-6-9-15(18)2)21-11-8-12-24-17(4)13-16(3)23-24;/h6-7,9-10,13H,5,8,11-12,14H2,1-4H3,(H2,20,21,22);1H. The van der Waals surface area contributed by atoms with Crippen molar-refractivity contribution in [3.63, 3.8) is 0 Å². The third-order valence-corrected chi connectivity index (χ3v) is 3.96. The molecule has 2 aromatic rings. The summed E-state index contributed by atoms with van der Waals surface area (Å²) in [7, 11) is 0. The van der Waals surface area contributed by atoms with E-state index in [1.54, 1.807) is 0 Å². The average molecular weight is 455 g/mol. The minimum absolute atomic E-state index is 0. The molecule has 5 nitrogen and oxygen atoms in total. The minimum atomic E-state index is 0. The average Bonchev–Trinajstić information content (AvgIpc) is 2.88. The second-order valence-electron chi connectivity index (χ2n) is 6.05. The van der Waals surface area contributed by atoms with Crippen molar-refractivity contribution in [1.29, 1.82) is 0 Å². The first-order valence-corrected chi connectivity index (χ1v) is 8.68. The van der Waals surface area contributed by atoms with E-state index in [0.717, 1.165) is 37.7 Å². The lowest BCUT2D eigenvalue weighted by molar-refractivity contribution is 0.555. The Morgan fingerprint density at radius 3 is 2.56 bits per heavy atom. The van der Waals surface area contributed by atoms with Crippen LogP contribution in [0, 0.1) is 20.8 Å². The first kappa shape index (κ1) is 21.5. The number of benzene rings is 1. The molecule has 1 aromatic carbocycles. The van der Waals surface area contributed by atoms with E-state index in [4.69, 9.17) is 0 Å². The molecule has 0 saturated heterocycles. The molecule has 0 aliphatic carbocycles. The first-order valence-electron chi connectivity index (χ1n) is 8.68. The van der Waals surface area contributed by atoms with Gasteiger partial charge in [-0.05, 0) is 51.3 Å². The quantitative estimate of drug-likeness (QED) is 0.291. The number of aliphatic imine (C=N–C) groups is 1. The fraction of sp³-hybridized carbons (Fsp3) is 0.474. The molecule has 2 N–H and O–H groups in total. The van der Waals surface area contributed by atoms with Gasteiger partial charge in [-0.2, -0.15) is 5.10 Å². The molecule has 0 aliphatic heterocycles. The van der Waals surface area contributed by atoms with Crippen molar-refractivity contribution in [2.75, 3.05) is 13.1 Å². The molecular weight excluding hydrogens is 425 g/mol. The van der Waals surface area contributed by atoms with Crippen molar-refractivity contribution < 1.29 is 0 Å². The Labute approximate surface area is 168 Å². The molecule has 0 spiro atoms. The molecule has 138 valence electrons. The number of aromatic nitrogens is 2. The highest BCUT2D eigenvalue weighted by molar-refractivity contribution is 14.0. The zero-order valence-electron chi connectivity index (χ0n) is 15.7. The molecule has 6 heteroatoms. The van der Waals surface area contributed by atoms with Gasteiger partial charge in [0.05, 0.1) is 12.2 Å². The van der Waals surface area contributed by atoms with Gasteiger partial charge in [0.25, 0.3) is 0 Å². The van der Waals surface area contributed by atoms with E-state index in [1.807, 2.05) is 6.92 Å². The summed E-state index contributed by atoms with van der Waals surface area (Å²) in [5.41, 5.74) is 4.83. The number of rotatable bonds is 7. The molecule has 0 radical (unpaired) electrons. The Balaban J connectivity index is 0.00000312. The fourth-order valence-corrected chi connectivity index (χ4v) is 2.63. The van der Waals surface area contributed by atoms with Crippen molar-refractivity contribution in [3.05, 3.63) is 52.8 Å². The van der Waals surface area contributed by atoms with Crippen molar-refractivity contribution in [2.45, 2.75) is 47.2 Å². The Kier molecular flexibility index (Phi) is 9.55. The van der Waals surface area contributed by atoms with Crippen LogP contribution in [0.3, 0.4) is 0 Å². The van der Waals surface area contributed by atoms with Crippen molar-refractivity contribution >= 4 is 29.9 Å². The molecule has 0 amide bonds.